The maximum absolute atomic E-state index is 13.5. The Bertz CT molecular complexity index is 585. The lowest BCUT2D eigenvalue weighted by Crippen LogP contribution is -2.08. The highest BCUT2D eigenvalue weighted by Gasteiger charge is 2.13. The Morgan fingerprint density at radius 2 is 1.95 bits per heavy atom. The van der Waals surface area contributed by atoms with Gasteiger partial charge in [-0.1, -0.05) is 23.2 Å². The van der Waals surface area contributed by atoms with E-state index in [0.29, 0.717) is 10.6 Å². The van der Waals surface area contributed by atoms with Crippen LogP contribution in [-0.4, -0.2) is 4.98 Å². The van der Waals surface area contributed by atoms with E-state index in [1.165, 1.54) is 12.1 Å². The van der Waals surface area contributed by atoms with E-state index in [-0.39, 0.29) is 11.1 Å². The standard InChI is InChI=1S/C14H13Cl2FN2/c1-8-3-4-10(7-18-8)19-9(2)11-5-14(17)13(16)6-12(11)15/h3-7,9,19H,1-2H3. The quantitative estimate of drug-likeness (QED) is 0.806. The highest BCUT2D eigenvalue weighted by molar-refractivity contribution is 6.35. The number of rotatable bonds is 3. The molecule has 1 aromatic heterocycles. The largest absolute Gasteiger partial charge is 0.377 e. The van der Waals surface area contributed by atoms with Crippen LogP contribution in [0.2, 0.25) is 10.0 Å². The van der Waals surface area contributed by atoms with Crippen LogP contribution in [0, 0.1) is 12.7 Å². The maximum Gasteiger partial charge on any atom is 0.142 e. The number of nitrogens with zero attached hydrogens (tertiary/aromatic N) is 1. The van der Waals surface area contributed by atoms with E-state index in [1.807, 2.05) is 26.0 Å². The number of aromatic nitrogens is 1. The molecule has 1 unspecified atom stereocenters. The molecule has 2 rings (SSSR count). The van der Waals surface area contributed by atoms with Crippen LogP contribution in [0.1, 0.15) is 24.2 Å². The van der Waals surface area contributed by atoms with Gasteiger partial charge in [0.1, 0.15) is 5.82 Å². The normalized spacial score (nSPS) is 12.3. The summed E-state index contributed by atoms with van der Waals surface area (Å²) in [6.07, 6.45) is 1.73. The van der Waals surface area contributed by atoms with Crippen LogP contribution in [0.25, 0.3) is 0 Å². The predicted octanol–water partition coefficient (Wildman–Crippen LogP) is 5.01. The zero-order chi connectivity index (χ0) is 14.0. The van der Waals surface area contributed by atoms with E-state index in [2.05, 4.69) is 10.3 Å². The third-order valence-electron chi connectivity index (χ3n) is 2.80. The number of hydrogen-bond acceptors (Lipinski definition) is 2. The van der Waals surface area contributed by atoms with Crippen molar-refractivity contribution in [2.24, 2.45) is 0 Å². The molecule has 1 aromatic carbocycles. The van der Waals surface area contributed by atoms with Crippen LogP contribution in [0.3, 0.4) is 0 Å². The van der Waals surface area contributed by atoms with Gasteiger partial charge in [-0.3, -0.25) is 4.98 Å². The molecule has 0 spiro atoms. The van der Waals surface area contributed by atoms with Crippen LogP contribution in [-0.2, 0) is 0 Å². The molecule has 2 nitrogen and oxygen atoms in total. The summed E-state index contributed by atoms with van der Waals surface area (Å²) in [6, 6.07) is 6.44. The third kappa shape index (κ3) is 3.37. The lowest BCUT2D eigenvalue weighted by atomic mass is 10.1. The van der Waals surface area contributed by atoms with Gasteiger partial charge in [-0.15, -0.1) is 0 Å². The molecule has 1 heterocycles. The fraction of sp³-hybridized carbons (Fsp3) is 0.214. The zero-order valence-electron chi connectivity index (χ0n) is 10.5. The molecule has 0 bridgehead atoms. The molecular formula is C14H13Cl2FN2. The highest BCUT2D eigenvalue weighted by Crippen LogP contribution is 2.30. The summed E-state index contributed by atoms with van der Waals surface area (Å²) in [6.45, 7) is 3.81. The first kappa shape index (κ1) is 14.1. The van der Waals surface area contributed by atoms with E-state index in [0.717, 1.165) is 11.4 Å². The number of anilines is 1. The van der Waals surface area contributed by atoms with E-state index >= 15 is 0 Å². The molecule has 1 N–H and O–H groups in total. The second kappa shape index (κ2) is 5.76. The molecule has 0 aliphatic rings. The van der Waals surface area contributed by atoms with E-state index in [9.17, 15) is 4.39 Å². The van der Waals surface area contributed by atoms with Crippen molar-refractivity contribution < 1.29 is 4.39 Å². The molecule has 0 saturated carbocycles. The van der Waals surface area contributed by atoms with Gasteiger partial charge < -0.3 is 5.32 Å². The molecule has 0 aliphatic carbocycles. The minimum atomic E-state index is -0.475. The number of aryl methyl sites for hydroxylation is 1. The average Bonchev–Trinajstić information content (AvgIpc) is 2.36. The summed E-state index contributed by atoms with van der Waals surface area (Å²) in [5.74, 6) is -0.475. The monoisotopic (exact) mass is 298 g/mol. The smallest absolute Gasteiger partial charge is 0.142 e. The maximum atomic E-state index is 13.5. The van der Waals surface area contributed by atoms with Gasteiger partial charge in [0.15, 0.2) is 0 Å². The lowest BCUT2D eigenvalue weighted by molar-refractivity contribution is 0.624. The Morgan fingerprint density at radius 1 is 1.21 bits per heavy atom. The Hall–Kier alpha value is -1.32. The molecule has 0 amide bonds. The Kier molecular flexibility index (Phi) is 4.27. The number of halogens is 3. The van der Waals surface area contributed by atoms with Gasteiger partial charge >= 0.3 is 0 Å². The number of nitrogens with one attached hydrogen (secondary N) is 1. The SMILES string of the molecule is Cc1ccc(NC(C)c2cc(F)c(Cl)cc2Cl)cn1. The number of hydrogen-bond donors (Lipinski definition) is 1. The van der Waals surface area contributed by atoms with Crippen molar-refractivity contribution in [1.82, 2.24) is 4.98 Å². The van der Waals surface area contributed by atoms with Crippen molar-refractivity contribution in [3.63, 3.8) is 0 Å². The van der Waals surface area contributed by atoms with Crippen molar-refractivity contribution in [1.29, 1.82) is 0 Å². The van der Waals surface area contributed by atoms with Gasteiger partial charge in [-0.05, 0) is 43.7 Å². The molecule has 19 heavy (non-hydrogen) atoms. The third-order valence-corrected chi connectivity index (χ3v) is 3.42. The minimum absolute atomic E-state index is 0.0259. The van der Waals surface area contributed by atoms with E-state index in [1.54, 1.807) is 6.20 Å². The second-order valence-corrected chi connectivity index (χ2v) is 5.16. The first-order valence-corrected chi connectivity index (χ1v) is 6.56. The molecular weight excluding hydrogens is 286 g/mol. The highest BCUT2D eigenvalue weighted by atomic mass is 35.5. The molecule has 5 heteroatoms. The van der Waals surface area contributed by atoms with E-state index < -0.39 is 5.82 Å². The topological polar surface area (TPSA) is 24.9 Å². The minimum Gasteiger partial charge on any atom is -0.377 e. The first-order chi connectivity index (χ1) is 8.97. The van der Waals surface area contributed by atoms with Crippen molar-refractivity contribution >= 4 is 28.9 Å². The Morgan fingerprint density at radius 3 is 2.58 bits per heavy atom. The fourth-order valence-corrected chi connectivity index (χ4v) is 2.30. The Labute approximate surface area is 121 Å². The zero-order valence-corrected chi connectivity index (χ0v) is 12.1. The summed E-state index contributed by atoms with van der Waals surface area (Å²) in [5.41, 5.74) is 2.45. The van der Waals surface area contributed by atoms with Gasteiger partial charge in [-0.25, -0.2) is 4.39 Å². The van der Waals surface area contributed by atoms with Crippen LogP contribution < -0.4 is 5.32 Å². The average molecular weight is 299 g/mol. The van der Waals surface area contributed by atoms with Gasteiger partial charge in [0.2, 0.25) is 0 Å². The lowest BCUT2D eigenvalue weighted by Gasteiger charge is -2.17. The number of pyridine rings is 1. The molecule has 0 radical (unpaired) electrons. The summed E-state index contributed by atoms with van der Waals surface area (Å²) in [5, 5.41) is 3.68. The van der Waals surface area contributed by atoms with E-state index in [4.69, 9.17) is 23.2 Å². The predicted molar refractivity (Wildman–Crippen MR) is 77.4 cm³/mol. The molecule has 0 aliphatic heterocycles. The molecule has 0 fully saturated rings. The molecule has 100 valence electrons. The van der Waals surface area contributed by atoms with Gasteiger partial charge in [-0.2, -0.15) is 0 Å². The molecule has 2 aromatic rings. The fourth-order valence-electron chi connectivity index (χ4n) is 1.75. The first-order valence-electron chi connectivity index (χ1n) is 5.81. The van der Waals surface area contributed by atoms with Crippen LogP contribution in [0.5, 0.6) is 0 Å². The van der Waals surface area contributed by atoms with Gasteiger partial charge in [0.05, 0.1) is 22.9 Å². The van der Waals surface area contributed by atoms with Crippen LogP contribution in [0.4, 0.5) is 10.1 Å². The summed E-state index contributed by atoms with van der Waals surface area (Å²) in [7, 11) is 0. The molecule has 1 atom stereocenters. The van der Waals surface area contributed by atoms with Crippen molar-refractivity contribution in [3.05, 3.63) is 57.6 Å². The van der Waals surface area contributed by atoms with Crippen molar-refractivity contribution in [2.75, 3.05) is 5.32 Å². The van der Waals surface area contributed by atoms with Gasteiger partial charge in [0, 0.05) is 10.7 Å². The number of benzene rings is 1. The Balaban J connectivity index is 2.22. The van der Waals surface area contributed by atoms with Crippen LogP contribution in [0.15, 0.2) is 30.5 Å². The summed E-state index contributed by atoms with van der Waals surface area (Å²) < 4.78 is 13.5. The van der Waals surface area contributed by atoms with Crippen LogP contribution >= 0.6 is 23.2 Å². The van der Waals surface area contributed by atoms with Crippen molar-refractivity contribution in [3.8, 4) is 0 Å². The second-order valence-electron chi connectivity index (χ2n) is 4.34. The summed E-state index contributed by atoms with van der Waals surface area (Å²) in [4.78, 5) is 4.19. The molecule has 0 saturated heterocycles. The van der Waals surface area contributed by atoms with Gasteiger partial charge in [0.25, 0.3) is 0 Å². The van der Waals surface area contributed by atoms with Crippen molar-refractivity contribution in [2.45, 2.75) is 19.9 Å². The summed E-state index contributed by atoms with van der Waals surface area (Å²) >= 11 is 11.8.